The van der Waals surface area contributed by atoms with Gasteiger partial charge in [-0.15, -0.1) is 0 Å². The molecule has 0 bridgehead atoms. The van der Waals surface area contributed by atoms with Crippen LogP contribution < -0.4 is 17.3 Å². The Bertz CT molecular complexity index is 1230. The van der Waals surface area contributed by atoms with Gasteiger partial charge in [0.05, 0.1) is 22.8 Å². The van der Waals surface area contributed by atoms with Gasteiger partial charge in [0.1, 0.15) is 17.1 Å². The third-order valence-electron chi connectivity index (χ3n) is 5.54. The van der Waals surface area contributed by atoms with E-state index in [1.165, 1.54) is 34.4 Å². The van der Waals surface area contributed by atoms with Crippen molar-refractivity contribution in [1.29, 1.82) is 0 Å². The Morgan fingerprint density at radius 3 is 2.56 bits per heavy atom. The van der Waals surface area contributed by atoms with Crippen molar-refractivity contribution < 1.29 is 34.7 Å². The number of para-hydroxylation sites is 1. The fourth-order valence-electron chi connectivity index (χ4n) is 3.69. The highest BCUT2D eigenvalue weighted by molar-refractivity contribution is 7.92. The van der Waals surface area contributed by atoms with Gasteiger partial charge in [-0.3, -0.25) is 14.6 Å². The standard InChI is InChI=1S/C23H26FN3O4S2.ClH/c1-17-6-8-18(9-7-17)33(29,30)16-21(28)27(11-3-10-26-12-14-31-15-13-26)23-25-22-19(24)4-2-5-20(22)32-23;/h2,4-9H,3,10-16H2,1H3;1H/p-1. The number of carbonyl (C=O) groups excluding carboxylic acids is 1. The van der Waals surface area contributed by atoms with Gasteiger partial charge in [-0.25, -0.2) is 17.8 Å². The van der Waals surface area contributed by atoms with E-state index in [4.69, 9.17) is 4.74 Å². The lowest BCUT2D eigenvalue weighted by Gasteiger charge is -2.27. The Morgan fingerprint density at radius 1 is 1.18 bits per heavy atom. The number of benzene rings is 2. The topological polar surface area (TPSA) is 79.8 Å². The third kappa shape index (κ3) is 6.31. The molecule has 0 N–H and O–H groups in total. The number of sulfone groups is 1. The molecule has 34 heavy (non-hydrogen) atoms. The van der Waals surface area contributed by atoms with Crippen LogP contribution >= 0.6 is 11.3 Å². The third-order valence-corrected chi connectivity index (χ3v) is 8.20. The summed E-state index contributed by atoms with van der Waals surface area (Å²) in [5.41, 5.74) is 1.12. The van der Waals surface area contributed by atoms with Crippen molar-refractivity contribution in [3.63, 3.8) is 0 Å². The van der Waals surface area contributed by atoms with E-state index in [2.05, 4.69) is 9.88 Å². The summed E-state index contributed by atoms with van der Waals surface area (Å²) in [5, 5.41) is 0.307. The van der Waals surface area contributed by atoms with Crippen molar-refractivity contribution in [3.8, 4) is 0 Å². The first-order chi connectivity index (χ1) is 15.8. The summed E-state index contributed by atoms with van der Waals surface area (Å²) < 4.78 is 46.0. The molecule has 1 fully saturated rings. The van der Waals surface area contributed by atoms with Crippen molar-refractivity contribution >= 4 is 42.4 Å². The minimum Gasteiger partial charge on any atom is -1.00 e. The molecule has 1 aliphatic heterocycles. The molecule has 0 aliphatic carbocycles. The zero-order chi connectivity index (χ0) is 23.4. The van der Waals surface area contributed by atoms with Gasteiger partial charge in [0, 0.05) is 26.2 Å². The average Bonchev–Trinajstić information content (AvgIpc) is 3.22. The monoisotopic (exact) mass is 526 g/mol. The van der Waals surface area contributed by atoms with E-state index in [0.717, 1.165) is 25.2 Å². The summed E-state index contributed by atoms with van der Waals surface area (Å²) >= 11 is 1.18. The SMILES string of the molecule is Cc1ccc(S(=O)(=O)CC(=O)N(CCCN2CCOCC2)c2nc3c(F)cccc3s2)cc1.[Cl-]. The van der Waals surface area contributed by atoms with E-state index in [1.54, 1.807) is 24.3 Å². The molecule has 0 radical (unpaired) electrons. The van der Waals surface area contributed by atoms with Crippen molar-refractivity contribution in [2.75, 3.05) is 50.0 Å². The molecule has 0 atom stereocenters. The number of halogens is 2. The summed E-state index contributed by atoms with van der Waals surface area (Å²) in [5.74, 6) is -1.72. The van der Waals surface area contributed by atoms with Crippen molar-refractivity contribution in [2.24, 2.45) is 0 Å². The number of anilines is 1. The second kappa shape index (κ2) is 11.5. The first-order valence-electron chi connectivity index (χ1n) is 10.8. The van der Waals surface area contributed by atoms with Gasteiger partial charge in [-0.2, -0.15) is 0 Å². The summed E-state index contributed by atoms with van der Waals surface area (Å²) in [6.07, 6.45) is 0.634. The maximum absolute atomic E-state index is 14.2. The maximum Gasteiger partial charge on any atom is 0.244 e. The average molecular weight is 527 g/mol. The van der Waals surface area contributed by atoms with Crippen LogP contribution in [0.25, 0.3) is 10.2 Å². The van der Waals surface area contributed by atoms with Crippen LogP contribution in [0.1, 0.15) is 12.0 Å². The predicted octanol–water partition coefficient (Wildman–Crippen LogP) is 0.277. The molecular formula is C23H26ClFN3O4S2-. The first kappa shape index (κ1) is 26.5. The van der Waals surface area contributed by atoms with Gasteiger partial charge in [0.15, 0.2) is 15.0 Å². The van der Waals surface area contributed by atoms with Crippen LogP contribution in [0.4, 0.5) is 9.52 Å². The molecule has 2 aromatic carbocycles. The van der Waals surface area contributed by atoms with E-state index in [9.17, 15) is 17.6 Å². The van der Waals surface area contributed by atoms with E-state index in [0.29, 0.717) is 36.0 Å². The molecule has 1 aliphatic rings. The number of ether oxygens (including phenoxy) is 1. The molecule has 3 aromatic rings. The summed E-state index contributed by atoms with van der Waals surface area (Å²) in [7, 11) is -3.83. The summed E-state index contributed by atoms with van der Waals surface area (Å²) in [6, 6.07) is 11.1. The lowest BCUT2D eigenvalue weighted by Crippen LogP contribution is -3.00. The van der Waals surface area contributed by atoms with Crippen LogP contribution in [0, 0.1) is 12.7 Å². The minimum atomic E-state index is -3.83. The van der Waals surface area contributed by atoms with Gasteiger partial charge in [-0.05, 0) is 37.6 Å². The van der Waals surface area contributed by atoms with E-state index in [1.807, 2.05) is 6.92 Å². The summed E-state index contributed by atoms with van der Waals surface area (Å²) in [6.45, 7) is 5.90. The molecule has 2 heterocycles. The minimum absolute atomic E-state index is 0. The van der Waals surface area contributed by atoms with Gasteiger partial charge in [0.25, 0.3) is 0 Å². The smallest absolute Gasteiger partial charge is 0.244 e. The number of thiazole rings is 1. The zero-order valence-corrected chi connectivity index (χ0v) is 21.1. The van der Waals surface area contributed by atoms with E-state index < -0.39 is 27.3 Å². The van der Waals surface area contributed by atoms with Crippen molar-refractivity contribution in [3.05, 3.63) is 53.8 Å². The van der Waals surface area contributed by atoms with Crippen LogP contribution in [0.3, 0.4) is 0 Å². The first-order valence-corrected chi connectivity index (χ1v) is 13.3. The van der Waals surface area contributed by atoms with E-state index in [-0.39, 0.29) is 22.8 Å². The molecule has 0 unspecified atom stereocenters. The Labute approximate surface area is 208 Å². The van der Waals surface area contributed by atoms with Gasteiger partial charge >= 0.3 is 0 Å². The molecule has 7 nitrogen and oxygen atoms in total. The van der Waals surface area contributed by atoms with Crippen molar-refractivity contribution in [2.45, 2.75) is 18.2 Å². The fourth-order valence-corrected chi connectivity index (χ4v) is 5.91. The number of aromatic nitrogens is 1. The molecule has 1 aromatic heterocycles. The molecule has 4 rings (SSSR count). The number of amides is 1. The number of hydrogen-bond acceptors (Lipinski definition) is 7. The van der Waals surface area contributed by atoms with E-state index >= 15 is 0 Å². The molecule has 0 saturated carbocycles. The largest absolute Gasteiger partial charge is 1.00 e. The van der Waals surface area contributed by atoms with Crippen LogP contribution in [0.2, 0.25) is 0 Å². The Morgan fingerprint density at radius 2 is 1.88 bits per heavy atom. The predicted molar refractivity (Wildman–Crippen MR) is 127 cm³/mol. The maximum atomic E-state index is 14.2. The molecule has 184 valence electrons. The number of morpholine rings is 1. The van der Waals surface area contributed by atoms with Crippen LogP contribution in [0.5, 0.6) is 0 Å². The number of aryl methyl sites for hydroxylation is 1. The second-order valence-corrected chi connectivity index (χ2v) is 11.0. The zero-order valence-electron chi connectivity index (χ0n) is 18.7. The van der Waals surface area contributed by atoms with Gasteiger partial charge in [-0.1, -0.05) is 35.1 Å². The number of nitrogens with zero attached hydrogens (tertiary/aromatic N) is 3. The van der Waals surface area contributed by atoms with Crippen LogP contribution in [0.15, 0.2) is 47.4 Å². The second-order valence-electron chi connectivity index (χ2n) is 8.01. The highest BCUT2D eigenvalue weighted by atomic mass is 35.5. The highest BCUT2D eigenvalue weighted by Gasteiger charge is 2.27. The lowest BCUT2D eigenvalue weighted by molar-refractivity contribution is -0.116. The molecule has 0 spiro atoms. The molecule has 11 heteroatoms. The Balaban J connectivity index is 0.00000324. The van der Waals surface area contributed by atoms with Crippen molar-refractivity contribution in [1.82, 2.24) is 9.88 Å². The van der Waals surface area contributed by atoms with Crippen LogP contribution in [-0.4, -0.2) is 69.4 Å². The quantitative estimate of drug-likeness (QED) is 0.419. The van der Waals surface area contributed by atoms with Crippen LogP contribution in [-0.2, 0) is 19.4 Å². The normalized spacial score (nSPS) is 14.6. The summed E-state index contributed by atoms with van der Waals surface area (Å²) in [4.78, 5) is 21.3. The number of rotatable bonds is 8. The number of hydrogen-bond donors (Lipinski definition) is 0. The fraction of sp³-hybridized carbons (Fsp3) is 0.391. The van der Waals surface area contributed by atoms with Gasteiger partial charge in [0.2, 0.25) is 5.91 Å². The Kier molecular flexibility index (Phi) is 9.00. The molecule has 1 saturated heterocycles. The molecular weight excluding hydrogens is 501 g/mol. The Hall–Kier alpha value is -2.11. The highest BCUT2D eigenvalue weighted by Crippen LogP contribution is 2.31. The lowest BCUT2D eigenvalue weighted by atomic mass is 10.2. The number of carbonyl (C=O) groups is 1. The van der Waals surface area contributed by atoms with Gasteiger partial charge < -0.3 is 17.1 Å². The number of fused-ring (bicyclic) bond motifs is 1. The molecule has 1 amide bonds.